The Hall–Kier alpha value is -1.71. The number of hydrogen-bond donors (Lipinski definition) is 0. The molecule has 0 aliphatic carbocycles. The van der Waals surface area contributed by atoms with Crippen LogP contribution in [0, 0.1) is 6.92 Å². The van der Waals surface area contributed by atoms with Crippen LogP contribution in [0.1, 0.15) is 17.5 Å². The van der Waals surface area contributed by atoms with Crippen LogP contribution < -0.4 is 4.74 Å². The molecule has 1 aromatic rings. The molecule has 1 atom stereocenters. The van der Waals surface area contributed by atoms with Gasteiger partial charge < -0.3 is 9.47 Å². The maximum absolute atomic E-state index is 11.5. The summed E-state index contributed by atoms with van der Waals surface area (Å²) in [5, 5.41) is 0. The first-order chi connectivity index (χ1) is 8.24. The van der Waals surface area contributed by atoms with Gasteiger partial charge in [-0.2, -0.15) is 0 Å². The molecule has 0 bridgehead atoms. The fourth-order valence-electron chi connectivity index (χ4n) is 2.39. The Morgan fingerprint density at radius 1 is 1.41 bits per heavy atom. The highest BCUT2D eigenvalue weighted by Gasteiger charge is 2.33. The second-order valence-electron chi connectivity index (χ2n) is 4.53. The molecule has 1 unspecified atom stereocenters. The van der Waals surface area contributed by atoms with Crippen molar-refractivity contribution in [1.82, 2.24) is 4.90 Å². The zero-order valence-corrected chi connectivity index (χ0v) is 9.81. The van der Waals surface area contributed by atoms with E-state index in [1.165, 1.54) is 11.1 Å². The van der Waals surface area contributed by atoms with Crippen molar-refractivity contribution in [3.8, 4) is 5.75 Å². The average Bonchev–Trinajstić information content (AvgIpc) is 2.75. The summed E-state index contributed by atoms with van der Waals surface area (Å²) < 4.78 is 10.8. The number of nitrogens with zero attached hydrogens (tertiary/aromatic N) is 1. The topological polar surface area (TPSA) is 38.8 Å². The molecule has 0 aromatic heterocycles. The predicted molar refractivity (Wildman–Crippen MR) is 62.0 cm³/mol. The third kappa shape index (κ3) is 1.84. The zero-order chi connectivity index (χ0) is 11.8. The maximum Gasteiger partial charge on any atom is 0.412 e. The number of amides is 1. The molecule has 1 amide bonds. The molecule has 0 N–H and O–H groups in total. The molecule has 0 radical (unpaired) electrons. The number of fused-ring (bicyclic) bond motifs is 1. The molecule has 2 aliphatic heterocycles. The molecule has 3 rings (SSSR count). The van der Waals surface area contributed by atoms with Crippen molar-refractivity contribution in [2.75, 3.05) is 13.2 Å². The van der Waals surface area contributed by atoms with E-state index in [0.717, 1.165) is 18.6 Å². The van der Waals surface area contributed by atoms with Crippen LogP contribution in [0.5, 0.6) is 5.75 Å². The van der Waals surface area contributed by atoms with Gasteiger partial charge in [-0.05, 0) is 25.0 Å². The van der Waals surface area contributed by atoms with Crippen LogP contribution in [-0.2, 0) is 11.2 Å². The van der Waals surface area contributed by atoms with Crippen LogP contribution in [0.3, 0.4) is 0 Å². The normalized spacial score (nSPS) is 23.0. The van der Waals surface area contributed by atoms with Crippen molar-refractivity contribution in [3.63, 3.8) is 0 Å². The lowest BCUT2D eigenvalue weighted by Gasteiger charge is -2.31. The quantitative estimate of drug-likeness (QED) is 0.745. The molecule has 2 aliphatic rings. The Kier molecular flexibility index (Phi) is 2.42. The van der Waals surface area contributed by atoms with E-state index < -0.39 is 0 Å². The number of ether oxygens (including phenoxy) is 2. The SMILES string of the molecule is Cc1ccc2c(c1)CCC(N1CCOC1=O)O2. The summed E-state index contributed by atoms with van der Waals surface area (Å²) in [6, 6.07) is 6.16. The molecule has 1 fully saturated rings. The van der Waals surface area contributed by atoms with Crippen LogP contribution in [0.15, 0.2) is 18.2 Å². The van der Waals surface area contributed by atoms with Gasteiger partial charge in [0.2, 0.25) is 0 Å². The highest BCUT2D eigenvalue weighted by Crippen LogP contribution is 2.30. The monoisotopic (exact) mass is 233 g/mol. The zero-order valence-electron chi connectivity index (χ0n) is 9.81. The molecule has 0 saturated carbocycles. The van der Waals surface area contributed by atoms with Crippen LogP contribution >= 0.6 is 0 Å². The summed E-state index contributed by atoms with van der Waals surface area (Å²) in [6.07, 6.45) is 1.36. The van der Waals surface area contributed by atoms with E-state index in [-0.39, 0.29) is 12.3 Å². The third-order valence-electron chi connectivity index (χ3n) is 3.28. The van der Waals surface area contributed by atoms with Gasteiger partial charge in [0.15, 0.2) is 6.23 Å². The van der Waals surface area contributed by atoms with Crippen molar-refractivity contribution in [2.45, 2.75) is 26.0 Å². The minimum Gasteiger partial charge on any atom is -0.470 e. The third-order valence-corrected chi connectivity index (χ3v) is 3.28. The second kappa shape index (κ2) is 3.95. The van der Waals surface area contributed by atoms with Crippen molar-refractivity contribution in [2.24, 2.45) is 0 Å². The Balaban J connectivity index is 1.80. The van der Waals surface area contributed by atoms with E-state index in [4.69, 9.17) is 9.47 Å². The molecular weight excluding hydrogens is 218 g/mol. The Bertz CT molecular complexity index is 458. The highest BCUT2D eigenvalue weighted by molar-refractivity contribution is 5.69. The van der Waals surface area contributed by atoms with Crippen molar-refractivity contribution in [1.29, 1.82) is 0 Å². The van der Waals surface area contributed by atoms with Crippen molar-refractivity contribution in [3.05, 3.63) is 29.3 Å². The Labute approximate surface area is 100 Å². The number of hydrogen-bond acceptors (Lipinski definition) is 3. The molecule has 90 valence electrons. The first kappa shape index (κ1) is 10.4. The predicted octanol–water partition coefficient (Wildman–Crippen LogP) is 2.10. The second-order valence-corrected chi connectivity index (χ2v) is 4.53. The number of carbonyl (C=O) groups is 1. The molecule has 17 heavy (non-hydrogen) atoms. The summed E-state index contributed by atoms with van der Waals surface area (Å²) in [6.45, 7) is 3.17. The van der Waals surface area contributed by atoms with E-state index in [9.17, 15) is 4.79 Å². The fraction of sp³-hybridized carbons (Fsp3) is 0.462. The molecule has 4 nitrogen and oxygen atoms in total. The van der Waals surface area contributed by atoms with E-state index >= 15 is 0 Å². The summed E-state index contributed by atoms with van der Waals surface area (Å²) in [5.41, 5.74) is 2.47. The number of aryl methyl sites for hydroxylation is 2. The minimum absolute atomic E-state index is 0.166. The van der Waals surface area contributed by atoms with E-state index in [0.29, 0.717) is 13.2 Å². The van der Waals surface area contributed by atoms with Gasteiger partial charge in [0.05, 0.1) is 6.54 Å². The number of cyclic esters (lactones) is 1. The molecule has 1 aromatic carbocycles. The van der Waals surface area contributed by atoms with E-state index in [1.807, 2.05) is 12.1 Å². The lowest BCUT2D eigenvalue weighted by molar-refractivity contribution is 0.0419. The summed E-state index contributed by atoms with van der Waals surface area (Å²) >= 11 is 0. The van der Waals surface area contributed by atoms with Crippen LogP contribution in [-0.4, -0.2) is 30.4 Å². The van der Waals surface area contributed by atoms with Crippen molar-refractivity contribution >= 4 is 6.09 Å². The van der Waals surface area contributed by atoms with E-state index in [1.54, 1.807) is 4.90 Å². The number of benzene rings is 1. The molecular formula is C13H15NO3. The summed E-state index contributed by atoms with van der Waals surface area (Å²) in [5.74, 6) is 0.895. The van der Waals surface area contributed by atoms with Gasteiger partial charge in [-0.3, -0.25) is 4.90 Å². The van der Waals surface area contributed by atoms with Gasteiger partial charge in [-0.25, -0.2) is 4.79 Å². The number of carbonyl (C=O) groups excluding carboxylic acids is 1. The molecule has 2 heterocycles. The Morgan fingerprint density at radius 2 is 2.29 bits per heavy atom. The maximum atomic E-state index is 11.5. The van der Waals surface area contributed by atoms with Gasteiger partial charge in [0.25, 0.3) is 0 Å². The van der Waals surface area contributed by atoms with E-state index in [2.05, 4.69) is 13.0 Å². The lowest BCUT2D eigenvalue weighted by atomic mass is 10.0. The molecule has 0 spiro atoms. The van der Waals surface area contributed by atoms with Crippen LogP contribution in [0.4, 0.5) is 4.79 Å². The van der Waals surface area contributed by atoms with Gasteiger partial charge in [0, 0.05) is 6.42 Å². The van der Waals surface area contributed by atoms with Gasteiger partial charge >= 0.3 is 6.09 Å². The largest absolute Gasteiger partial charge is 0.470 e. The summed E-state index contributed by atoms with van der Waals surface area (Å²) in [7, 11) is 0. The fourth-order valence-corrected chi connectivity index (χ4v) is 2.39. The minimum atomic E-state index is -0.259. The summed E-state index contributed by atoms with van der Waals surface area (Å²) in [4.78, 5) is 13.1. The van der Waals surface area contributed by atoms with Crippen LogP contribution in [0.25, 0.3) is 0 Å². The average molecular weight is 233 g/mol. The first-order valence-corrected chi connectivity index (χ1v) is 5.93. The number of rotatable bonds is 1. The Morgan fingerprint density at radius 3 is 3.06 bits per heavy atom. The standard InChI is InChI=1S/C13H15NO3/c1-9-2-4-11-10(8-9)3-5-12(17-11)14-6-7-16-13(14)15/h2,4,8,12H,3,5-7H2,1H3. The highest BCUT2D eigenvalue weighted by atomic mass is 16.6. The van der Waals surface area contributed by atoms with Gasteiger partial charge in [-0.15, -0.1) is 0 Å². The van der Waals surface area contributed by atoms with Gasteiger partial charge in [-0.1, -0.05) is 17.7 Å². The van der Waals surface area contributed by atoms with Crippen molar-refractivity contribution < 1.29 is 14.3 Å². The molecule has 1 saturated heterocycles. The smallest absolute Gasteiger partial charge is 0.412 e. The first-order valence-electron chi connectivity index (χ1n) is 5.93. The lowest BCUT2D eigenvalue weighted by Crippen LogP contribution is -2.42. The van der Waals surface area contributed by atoms with Crippen LogP contribution in [0.2, 0.25) is 0 Å². The molecule has 4 heteroatoms. The van der Waals surface area contributed by atoms with Gasteiger partial charge in [0.1, 0.15) is 12.4 Å².